The fourth-order valence-corrected chi connectivity index (χ4v) is 5.95. The van der Waals surface area contributed by atoms with E-state index in [1.165, 1.54) is 69.8 Å². The summed E-state index contributed by atoms with van der Waals surface area (Å²) < 4.78 is 17.2. The molecule has 0 radical (unpaired) electrons. The minimum absolute atomic E-state index is 0.0938. The van der Waals surface area contributed by atoms with Crippen molar-refractivity contribution in [3.05, 3.63) is 59.7 Å². The largest absolute Gasteiger partial charge is 0.494 e. The summed E-state index contributed by atoms with van der Waals surface area (Å²) in [7, 11) is 0. The Morgan fingerprint density at radius 3 is 1.88 bits per heavy atom. The van der Waals surface area contributed by atoms with Crippen molar-refractivity contribution >= 4 is 11.9 Å². The molecule has 1 aliphatic carbocycles. The van der Waals surface area contributed by atoms with Gasteiger partial charge in [-0.3, -0.25) is 4.79 Å². The minimum atomic E-state index is -0.331. The third kappa shape index (κ3) is 13.1. The zero-order valence-corrected chi connectivity index (χ0v) is 27.1. The number of rotatable bonds is 20. The molecule has 0 aliphatic heterocycles. The van der Waals surface area contributed by atoms with E-state index in [9.17, 15) is 9.59 Å². The second kappa shape index (κ2) is 20.2. The van der Waals surface area contributed by atoms with Crippen LogP contribution in [0.25, 0.3) is 0 Å². The number of benzene rings is 2. The normalized spacial score (nSPS) is 17.3. The first-order valence-electron chi connectivity index (χ1n) is 17.3. The van der Waals surface area contributed by atoms with Crippen LogP contribution in [-0.2, 0) is 9.53 Å². The molecule has 0 saturated heterocycles. The molecule has 5 nitrogen and oxygen atoms in total. The van der Waals surface area contributed by atoms with Gasteiger partial charge in [0.15, 0.2) is 0 Å². The fourth-order valence-electron chi connectivity index (χ4n) is 5.95. The van der Waals surface area contributed by atoms with Crippen LogP contribution in [0.1, 0.15) is 152 Å². The van der Waals surface area contributed by atoms with Crippen LogP contribution in [0, 0.1) is 5.92 Å². The maximum atomic E-state index is 12.9. The van der Waals surface area contributed by atoms with E-state index in [1.54, 1.807) is 24.3 Å². The lowest BCUT2D eigenvalue weighted by Crippen LogP contribution is -2.25. The predicted octanol–water partition coefficient (Wildman–Crippen LogP) is 10.6. The van der Waals surface area contributed by atoms with Crippen molar-refractivity contribution in [3.63, 3.8) is 0 Å². The summed E-state index contributed by atoms with van der Waals surface area (Å²) in [5, 5.41) is 0. The van der Waals surface area contributed by atoms with Gasteiger partial charge in [0.05, 0.1) is 24.2 Å². The molecule has 2 aromatic carbocycles. The van der Waals surface area contributed by atoms with Gasteiger partial charge < -0.3 is 14.2 Å². The molecule has 0 N–H and O–H groups in total. The van der Waals surface area contributed by atoms with Crippen LogP contribution in [0.15, 0.2) is 48.5 Å². The molecule has 0 spiro atoms. The van der Waals surface area contributed by atoms with E-state index in [4.69, 9.17) is 14.2 Å². The molecule has 1 unspecified atom stereocenters. The van der Waals surface area contributed by atoms with Crippen molar-refractivity contribution < 1.29 is 23.8 Å². The minimum Gasteiger partial charge on any atom is -0.494 e. The Hall–Kier alpha value is -2.82. The lowest BCUT2D eigenvalue weighted by molar-refractivity contribution is -0.140. The standard InChI is InChI=1S/C38H56O5/c1-4-6-8-10-11-12-13-15-29-41-35-25-21-32(22-26-35)31-17-19-33(20-18-31)38(40)43-36-27-23-34(24-28-36)37(39)42-30(3)16-14-9-7-5-2/h21-28,30-31,33H,4-20,29H2,1-3H3/t30?,31-,33-. The van der Waals surface area contributed by atoms with Gasteiger partial charge >= 0.3 is 11.9 Å². The van der Waals surface area contributed by atoms with Crippen LogP contribution < -0.4 is 9.47 Å². The average Bonchev–Trinajstić information content (AvgIpc) is 3.03. The molecule has 1 saturated carbocycles. The lowest BCUT2D eigenvalue weighted by atomic mass is 9.79. The molecule has 43 heavy (non-hydrogen) atoms. The Bertz CT molecular complexity index is 1040. The van der Waals surface area contributed by atoms with E-state index in [0.29, 0.717) is 17.2 Å². The second-order valence-electron chi connectivity index (χ2n) is 12.5. The quantitative estimate of drug-likeness (QED) is 0.0869. The molecule has 1 aliphatic rings. The van der Waals surface area contributed by atoms with E-state index in [1.807, 2.05) is 6.92 Å². The molecule has 238 valence electrons. The Morgan fingerprint density at radius 1 is 0.698 bits per heavy atom. The van der Waals surface area contributed by atoms with Crippen LogP contribution in [0.3, 0.4) is 0 Å². The summed E-state index contributed by atoms with van der Waals surface area (Å²) in [5.74, 6) is 1.27. The van der Waals surface area contributed by atoms with Gasteiger partial charge in [0, 0.05) is 0 Å². The summed E-state index contributed by atoms with van der Waals surface area (Å²) >= 11 is 0. The number of unbranched alkanes of at least 4 members (excludes halogenated alkanes) is 10. The van der Waals surface area contributed by atoms with Gasteiger partial charge in [0.25, 0.3) is 0 Å². The third-order valence-electron chi connectivity index (χ3n) is 8.76. The van der Waals surface area contributed by atoms with Crippen molar-refractivity contribution in [2.75, 3.05) is 6.61 Å². The summed E-state index contributed by atoms with van der Waals surface area (Å²) in [6.07, 6.45) is 19.4. The van der Waals surface area contributed by atoms with Gasteiger partial charge in [-0.15, -0.1) is 0 Å². The smallest absolute Gasteiger partial charge is 0.338 e. The first-order chi connectivity index (χ1) is 21.0. The predicted molar refractivity (Wildman–Crippen MR) is 175 cm³/mol. The molecular weight excluding hydrogens is 536 g/mol. The summed E-state index contributed by atoms with van der Waals surface area (Å²) in [5.41, 5.74) is 1.80. The Labute approximate surface area is 261 Å². The molecule has 5 heteroatoms. The number of ether oxygens (including phenoxy) is 3. The second-order valence-corrected chi connectivity index (χ2v) is 12.5. The van der Waals surface area contributed by atoms with Gasteiger partial charge in [-0.2, -0.15) is 0 Å². The first-order valence-corrected chi connectivity index (χ1v) is 17.3. The number of carbonyl (C=O) groups excluding carboxylic acids is 2. The average molecular weight is 593 g/mol. The molecule has 1 fully saturated rings. The molecule has 0 aromatic heterocycles. The number of hydrogen-bond donors (Lipinski definition) is 0. The number of carbonyl (C=O) groups is 2. The van der Waals surface area contributed by atoms with Gasteiger partial charge in [-0.1, -0.05) is 90.2 Å². The molecule has 0 heterocycles. The SMILES string of the molecule is CCCCCCCCCCOc1ccc([C@H]2CC[C@H](C(=O)Oc3ccc(C(=O)OC(C)CCCCCC)cc3)CC2)cc1. The molecule has 1 atom stereocenters. The van der Waals surface area contributed by atoms with Crippen LogP contribution in [0.5, 0.6) is 11.5 Å². The van der Waals surface area contributed by atoms with E-state index in [0.717, 1.165) is 57.3 Å². The molecule has 3 rings (SSSR count). The maximum absolute atomic E-state index is 12.9. The Morgan fingerprint density at radius 2 is 1.26 bits per heavy atom. The van der Waals surface area contributed by atoms with Gasteiger partial charge in [-0.05, 0) is 99.7 Å². The molecule has 0 bridgehead atoms. The van der Waals surface area contributed by atoms with Crippen molar-refractivity contribution in [3.8, 4) is 11.5 Å². The molecular formula is C38H56O5. The lowest BCUT2D eigenvalue weighted by Gasteiger charge is -2.27. The summed E-state index contributed by atoms with van der Waals surface area (Å²) in [6, 6.07) is 15.3. The van der Waals surface area contributed by atoms with Crippen molar-refractivity contribution in [2.24, 2.45) is 5.92 Å². The Kier molecular flexibility index (Phi) is 16.3. The van der Waals surface area contributed by atoms with Crippen LogP contribution in [0.2, 0.25) is 0 Å². The van der Waals surface area contributed by atoms with Crippen molar-refractivity contribution in [1.82, 2.24) is 0 Å². The van der Waals surface area contributed by atoms with Gasteiger partial charge in [-0.25, -0.2) is 4.79 Å². The van der Waals surface area contributed by atoms with E-state index < -0.39 is 0 Å². The van der Waals surface area contributed by atoms with Gasteiger partial charge in [0.2, 0.25) is 0 Å². The van der Waals surface area contributed by atoms with Crippen molar-refractivity contribution in [2.45, 2.75) is 142 Å². The summed E-state index contributed by atoms with van der Waals surface area (Å²) in [4.78, 5) is 25.3. The highest BCUT2D eigenvalue weighted by atomic mass is 16.5. The fraction of sp³-hybridized carbons (Fsp3) is 0.632. The van der Waals surface area contributed by atoms with E-state index in [2.05, 4.69) is 38.1 Å². The van der Waals surface area contributed by atoms with Gasteiger partial charge in [0.1, 0.15) is 11.5 Å². The highest BCUT2D eigenvalue weighted by Crippen LogP contribution is 2.37. The first kappa shape index (κ1) is 34.7. The number of hydrogen-bond acceptors (Lipinski definition) is 5. The molecule has 2 aromatic rings. The zero-order valence-electron chi connectivity index (χ0n) is 27.1. The topological polar surface area (TPSA) is 61.8 Å². The van der Waals surface area contributed by atoms with E-state index in [-0.39, 0.29) is 24.0 Å². The van der Waals surface area contributed by atoms with Crippen LogP contribution in [0.4, 0.5) is 0 Å². The van der Waals surface area contributed by atoms with Crippen LogP contribution in [-0.4, -0.2) is 24.6 Å². The number of esters is 2. The zero-order chi connectivity index (χ0) is 30.7. The monoisotopic (exact) mass is 592 g/mol. The summed E-state index contributed by atoms with van der Waals surface area (Å²) in [6.45, 7) is 7.17. The van der Waals surface area contributed by atoms with Crippen LogP contribution >= 0.6 is 0 Å². The molecule has 0 amide bonds. The Balaban J connectivity index is 1.32. The maximum Gasteiger partial charge on any atom is 0.338 e. The van der Waals surface area contributed by atoms with Crippen molar-refractivity contribution in [1.29, 1.82) is 0 Å². The highest BCUT2D eigenvalue weighted by molar-refractivity contribution is 5.89. The highest BCUT2D eigenvalue weighted by Gasteiger charge is 2.28. The third-order valence-corrected chi connectivity index (χ3v) is 8.76. The van der Waals surface area contributed by atoms with E-state index >= 15 is 0 Å².